The summed E-state index contributed by atoms with van der Waals surface area (Å²) in [5.41, 5.74) is 0.810. The summed E-state index contributed by atoms with van der Waals surface area (Å²) in [5.74, 6) is -2.23. The molecule has 2 aromatic rings. The molecule has 154 valence electrons. The largest absolute Gasteiger partial charge is 0.465 e. The standard InChI is InChI=1S/C20H21F2N3O3S/c1-4-7-15(20(27)28-6-3)19-24-17(12-25(19)29-22)14-10-9-13(21)11-16(14)23-18(26)8-5-2/h4-5,9-12,15H,1-2,6-8H2,3H3,(H,23,26). The summed E-state index contributed by atoms with van der Waals surface area (Å²) >= 11 is -0.131. The van der Waals surface area contributed by atoms with E-state index < -0.39 is 17.7 Å². The Labute approximate surface area is 172 Å². The number of hydrogen-bond donors (Lipinski definition) is 1. The fourth-order valence-corrected chi connectivity index (χ4v) is 3.07. The number of nitrogens with one attached hydrogen (secondary N) is 1. The molecule has 0 saturated carbocycles. The SMILES string of the molecule is C=CCC(=O)Nc1cc(F)ccc1-c1cn(SF)c(C(CC=C)C(=O)OCC)n1. The van der Waals surface area contributed by atoms with Crippen LogP contribution < -0.4 is 5.32 Å². The predicted octanol–water partition coefficient (Wildman–Crippen LogP) is 4.81. The number of ether oxygens (including phenoxy) is 1. The average molecular weight is 421 g/mol. The highest BCUT2D eigenvalue weighted by Crippen LogP contribution is 2.33. The molecule has 1 aromatic carbocycles. The van der Waals surface area contributed by atoms with Crippen molar-refractivity contribution in [1.29, 1.82) is 0 Å². The van der Waals surface area contributed by atoms with Gasteiger partial charge in [-0.05, 0) is 31.5 Å². The lowest BCUT2D eigenvalue weighted by atomic mass is 10.1. The lowest BCUT2D eigenvalue weighted by molar-refractivity contribution is -0.145. The normalized spacial score (nSPS) is 11.6. The van der Waals surface area contributed by atoms with Gasteiger partial charge in [0.2, 0.25) is 5.91 Å². The molecule has 2 rings (SSSR count). The summed E-state index contributed by atoms with van der Waals surface area (Å²) in [6.45, 7) is 8.94. The van der Waals surface area contributed by atoms with Gasteiger partial charge in [0.1, 0.15) is 17.6 Å². The third-order valence-corrected chi connectivity index (χ3v) is 4.36. The summed E-state index contributed by atoms with van der Waals surface area (Å²) < 4.78 is 33.4. The molecule has 1 heterocycles. The van der Waals surface area contributed by atoms with Crippen molar-refractivity contribution in [2.75, 3.05) is 11.9 Å². The van der Waals surface area contributed by atoms with Crippen molar-refractivity contribution in [1.82, 2.24) is 8.96 Å². The molecule has 0 bridgehead atoms. The van der Waals surface area contributed by atoms with E-state index in [-0.39, 0.29) is 54.9 Å². The zero-order valence-corrected chi connectivity index (χ0v) is 16.7. The maximum Gasteiger partial charge on any atom is 0.316 e. The highest BCUT2D eigenvalue weighted by atomic mass is 32.2. The van der Waals surface area contributed by atoms with Crippen LogP contribution in [0.4, 0.5) is 14.0 Å². The molecule has 29 heavy (non-hydrogen) atoms. The van der Waals surface area contributed by atoms with E-state index in [0.29, 0.717) is 5.56 Å². The highest BCUT2D eigenvalue weighted by Gasteiger charge is 2.28. The van der Waals surface area contributed by atoms with Gasteiger partial charge in [-0.1, -0.05) is 12.2 Å². The number of anilines is 1. The Bertz CT molecular complexity index is 914. The van der Waals surface area contributed by atoms with E-state index in [1.165, 1.54) is 30.5 Å². The van der Waals surface area contributed by atoms with Crippen LogP contribution in [0.15, 0.2) is 49.7 Å². The molecular weight excluding hydrogens is 400 g/mol. The minimum absolute atomic E-state index is 0.0419. The monoisotopic (exact) mass is 421 g/mol. The number of esters is 1. The molecule has 1 N–H and O–H groups in total. The first-order chi connectivity index (χ1) is 13.9. The number of allylic oxidation sites excluding steroid dienone is 1. The zero-order valence-electron chi connectivity index (χ0n) is 15.9. The first kappa shape index (κ1) is 22.4. The van der Waals surface area contributed by atoms with E-state index in [2.05, 4.69) is 23.5 Å². The molecule has 0 spiro atoms. The third kappa shape index (κ3) is 5.54. The number of hydrogen-bond acceptors (Lipinski definition) is 5. The summed E-state index contributed by atoms with van der Waals surface area (Å²) in [6.07, 6.45) is 4.54. The van der Waals surface area contributed by atoms with E-state index in [1.807, 2.05) is 0 Å². The average Bonchev–Trinajstić information content (AvgIpc) is 3.10. The van der Waals surface area contributed by atoms with E-state index in [1.54, 1.807) is 6.92 Å². The number of benzene rings is 1. The van der Waals surface area contributed by atoms with Crippen LogP contribution in [-0.4, -0.2) is 27.4 Å². The Morgan fingerprint density at radius 2 is 2.14 bits per heavy atom. The highest BCUT2D eigenvalue weighted by molar-refractivity contribution is 7.92. The van der Waals surface area contributed by atoms with E-state index in [4.69, 9.17) is 4.74 Å². The number of aromatic nitrogens is 2. The number of amides is 1. The fraction of sp³-hybridized carbons (Fsp3) is 0.250. The first-order valence-corrected chi connectivity index (χ1v) is 9.49. The Kier molecular flexibility index (Phi) is 8.14. The number of halogens is 2. The van der Waals surface area contributed by atoms with Crippen LogP contribution >= 0.6 is 12.3 Å². The van der Waals surface area contributed by atoms with Gasteiger partial charge in [0.25, 0.3) is 0 Å². The predicted molar refractivity (Wildman–Crippen MR) is 109 cm³/mol. The van der Waals surface area contributed by atoms with Crippen LogP contribution in [0.2, 0.25) is 0 Å². The van der Waals surface area contributed by atoms with E-state index >= 15 is 0 Å². The van der Waals surface area contributed by atoms with Crippen LogP contribution in [0, 0.1) is 5.82 Å². The van der Waals surface area contributed by atoms with Crippen LogP contribution in [0.5, 0.6) is 0 Å². The maximum atomic E-state index is 13.7. The Morgan fingerprint density at radius 1 is 1.38 bits per heavy atom. The molecule has 9 heteroatoms. The summed E-state index contributed by atoms with van der Waals surface area (Å²) in [4.78, 5) is 28.6. The number of rotatable bonds is 10. The van der Waals surface area contributed by atoms with Gasteiger partial charge in [-0.15, -0.1) is 17.0 Å². The summed E-state index contributed by atoms with van der Waals surface area (Å²) in [6, 6.07) is 3.77. The molecule has 0 radical (unpaired) electrons. The van der Waals surface area contributed by atoms with Crippen LogP contribution in [-0.2, 0) is 14.3 Å². The van der Waals surface area contributed by atoms with Crippen LogP contribution in [0.25, 0.3) is 11.3 Å². The third-order valence-electron chi connectivity index (χ3n) is 3.92. The Morgan fingerprint density at radius 3 is 2.76 bits per heavy atom. The molecule has 6 nitrogen and oxygen atoms in total. The second kappa shape index (κ2) is 10.6. The lowest BCUT2D eigenvalue weighted by Gasteiger charge is -2.13. The summed E-state index contributed by atoms with van der Waals surface area (Å²) in [5, 5.41) is 2.59. The number of carbonyl (C=O) groups is 2. The molecule has 1 amide bonds. The van der Waals surface area contributed by atoms with Crippen molar-refractivity contribution in [3.63, 3.8) is 0 Å². The first-order valence-electron chi connectivity index (χ1n) is 8.81. The Hall–Kier alpha value is -2.94. The Balaban J connectivity index is 2.51. The number of imidazole rings is 1. The molecular formula is C20H21F2N3O3S. The van der Waals surface area contributed by atoms with Crippen molar-refractivity contribution in [2.24, 2.45) is 0 Å². The molecule has 0 aliphatic carbocycles. The quantitative estimate of drug-likeness (QED) is 0.440. The molecule has 1 atom stereocenters. The zero-order chi connectivity index (χ0) is 21.4. The second-order valence-electron chi connectivity index (χ2n) is 5.94. The van der Waals surface area contributed by atoms with E-state index in [9.17, 15) is 17.9 Å². The van der Waals surface area contributed by atoms with Gasteiger partial charge >= 0.3 is 5.97 Å². The minimum Gasteiger partial charge on any atom is -0.465 e. The molecule has 1 aromatic heterocycles. The number of nitrogens with zero attached hydrogens (tertiary/aromatic N) is 2. The molecule has 0 aliphatic rings. The second-order valence-corrected chi connectivity index (χ2v) is 6.47. The molecule has 0 saturated heterocycles. The topological polar surface area (TPSA) is 73.2 Å². The van der Waals surface area contributed by atoms with Crippen molar-refractivity contribution in [3.05, 3.63) is 61.3 Å². The smallest absolute Gasteiger partial charge is 0.316 e. The van der Waals surface area contributed by atoms with Gasteiger partial charge in [0.05, 0.1) is 18.0 Å². The lowest BCUT2D eigenvalue weighted by Crippen LogP contribution is -2.18. The molecule has 0 fully saturated rings. The van der Waals surface area contributed by atoms with Gasteiger partial charge in [-0.25, -0.2) is 13.3 Å². The number of carbonyl (C=O) groups excluding carboxylic acids is 2. The maximum absolute atomic E-state index is 13.7. The van der Waals surface area contributed by atoms with Crippen molar-refractivity contribution in [3.8, 4) is 11.3 Å². The minimum atomic E-state index is -0.858. The van der Waals surface area contributed by atoms with Gasteiger partial charge in [-0.3, -0.25) is 9.59 Å². The van der Waals surface area contributed by atoms with E-state index in [0.717, 1.165) is 10.0 Å². The van der Waals surface area contributed by atoms with Gasteiger partial charge in [-0.2, -0.15) is 0 Å². The van der Waals surface area contributed by atoms with Crippen molar-refractivity contribution in [2.45, 2.75) is 25.7 Å². The van der Waals surface area contributed by atoms with Crippen LogP contribution in [0.3, 0.4) is 0 Å². The fourth-order valence-electron chi connectivity index (χ4n) is 2.69. The van der Waals surface area contributed by atoms with Gasteiger partial charge < -0.3 is 10.1 Å². The van der Waals surface area contributed by atoms with Crippen molar-refractivity contribution >= 4 is 29.9 Å². The molecule has 1 unspecified atom stereocenters. The van der Waals surface area contributed by atoms with Gasteiger partial charge in [0.15, 0.2) is 12.3 Å². The molecule has 0 aliphatic heterocycles. The summed E-state index contributed by atoms with van der Waals surface area (Å²) in [7, 11) is 0. The van der Waals surface area contributed by atoms with Crippen molar-refractivity contribution < 1.29 is 22.6 Å². The van der Waals surface area contributed by atoms with Gasteiger partial charge in [0, 0.05) is 18.2 Å². The van der Waals surface area contributed by atoms with Crippen LogP contribution in [0.1, 0.15) is 31.5 Å².